The molecule has 0 radical (unpaired) electrons. The normalized spacial score (nSPS) is 31.1. The standard InChI is InChI=1S/C13H15NO/c14-13(15)12-9-5-7-10-6-3-1-2-4-8-11(10)12/h1-4,6,8,12H,5,7,9H2,(H2,14,15)/b2-1-,3-1?,4-2?,6-3-,8-4-,10-6?,11-8?. The van der Waals surface area contributed by atoms with Crippen LogP contribution in [0, 0.1) is 5.92 Å². The van der Waals surface area contributed by atoms with Crippen LogP contribution in [0.4, 0.5) is 0 Å². The molecule has 0 aliphatic heterocycles. The molecule has 0 aromatic rings. The molecule has 2 nitrogen and oxygen atoms in total. The lowest BCUT2D eigenvalue weighted by Gasteiger charge is -2.23. The number of hydrogen-bond donors (Lipinski definition) is 1. The summed E-state index contributed by atoms with van der Waals surface area (Å²) in [5, 5.41) is 0. The summed E-state index contributed by atoms with van der Waals surface area (Å²) in [6.45, 7) is 0. The van der Waals surface area contributed by atoms with Crippen LogP contribution in [0.15, 0.2) is 47.6 Å². The Bertz CT molecular complexity index is 385. The molecule has 2 aliphatic carbocycles. The first-order valence-electron chi connectivity index (χ1n) is 5.33. The molecular weight excluding hydrogens is 186 g/mol. The third kappa shape index (κ3) is 2.09. The molecule has 0 saturated heterocycles. The summed E-state index contributed by atoms with van der Waals surface area (Å²) in [5.74, 6) is -0.300. The largest absolute Gasteiger partial charge is 0.369 e. The molecule has 2 aliphatic rings. The third-order valence-electron chi connectivity index (χ3n) is 2.94. The van der Waals surface area contributed by atoms with Crippen LogP contribution in [-0.4, -0.2) is 5.91 Å². The monoisotopic (exact) mass is 201 g/mol. The minimum absolute atomic E-state index is 0.0962. The number of carbonyl (C=O) groups excluding carboxylic acids is 1. The molecular formula is C13H15NO. The molecule has 0 heterocycles. The van der Waals surface area contributed by atoms with E-state index in [-0.39, 0.29) is 11.8 Å². The summed E-state index contributed by atoms with van der Waals surface area (Å²) < 4.78 is 0. The van der Waals surface area contributed by atoms with Crippen molar-refractivity contribution in [2.75, 3.05) is 0 Å². The number of primary amides is 1. The second-order valence-corrected chi connectivity index (χ2v) is 3.93. The van der Waals surface area contributed by atoms with Gasteiger partial charge in [-0.05, 0) is 30.4 Å². The number of rotatable bonds is 1. The zero-order valence-corrected chi connectivity index (χ0v) is 8.65. The first-order valence-corrected chi connectivity index (χ1v) is 5.33. The zero-order chi connectivity index (χ0) is 10.7. The van der Waals surface area contributed by atoms with E-state index in [1.54, 1.807) is 0 Å². The average Bonchev–Trinajstić information content (AvgIpc) is 2.17. The second kappa shape index (κ2) is 4.30. The SMILES string of the molecule is NC(=O)C1CCCC2=C1\C=C/C=C\C=C/2. The van der Waals surface area contributed by atoms with Crippen molar-refractivity contribution >= 4 is 5.91 Å². The van der Waals surface area contributed by atoms with Gasteiger partial charge in [-0.1, -0.05) is 36.5 Å². The van der Waals surface area contributed by atoms with Gasteiger partial charge in [0.25, 0.3) is 0 Å². The quantitative estimate of drug-likeness (QED) is 0.694. The summed E-state index contributed by atoms with van der Waals surface area (Å²) in [5.41, 5.74) is 7.78. The Morgan fingerprint density at radius 2 is 1.93 bits per heavy atom. The zero-order valence-electron chi connectivity index (χ0n) is 8.65. The van der Waals surface area contributed by atoms with Crippen molar-refractivity contribution in [2.24, 2.45) is 11.7 Å². The number of nitrogens with two attached hydrogens (primary N) is 1. The van der Waals surface area contributed by atoms with Gasteiger partial charge in [-0.3, -0.25) is 4.79 Å². The summed E-state index contributed by atoms with van der Waals surface area (Å²) >= 11 is 0. The molecule has 0 aromatic heterocycles. The third-order valence-corrected chi connectivity index (χ3v) is 2.94. The second-order valence-electron chi connectivity index (χ2n) is 3.93. The van der Waals surface area contributed by atoms with E-state index in [9.17, 15) is 4.79 Å². The van der Waals surface area contributed by atoms with Crippen LogP contribution < -0.4 is 5.73 Å². The molecule has 15 heavy (non-hydrogen) atoms. The van der Waals surface area contributed by atoms with Gasteiger partial charge in [-0.15, -0.1) is 0 Å². The molecule has 2 rings (SSSR count). The number of amides is 1. The van der Waals surface area contributed by atoms with Crippen LogP contribution in [0.25, 0.3) is 0 Å². The van der Waals surface area contributed by atoms with E-state index in [0.717, 1.165) is 24.8 Å². The van der Waals surface area contributed by atoms with Crippen LogP contribution >= 0.6 is 0 Å². The van der Waals surface area contributed by atoms with Crippen LogP contribution in [0.2, 0.25) is 0 Å². The minimum Gasteiger partial charge on any atom is -0.369 e. The van der Waals surface area contributed by atoms with Crippen molar-refractivity contribution in [3.8, 4) is 0 Å². The van der Waals surface area contributed by atoms with E-state index in [1.165, 1.54) is 5.57 Å². The lowest BCUT2D eigenvalue weighted by Crippen LogP contribution is -2.27. The molecule has 78 valence electrons. The van der Waals surface area contributed by atoms with E-state index in [2.05, 4.69) is 6.08 Å². The number of carbonyl (C=O) groups is 1. The molecule has 1 unspecified atom stereocenters. The molecule has 0 saturated carbocycles. The Morgan fingerprint density at radius 3 is 2.67 bits per heavy atom. The summed E-state index contributed by atoms with van der Waals surface area (Å²) in [6, 6.07) is 0. The van der Waals surface area contributed by atoms with Crippen molar-refractivity contribution in [3.63, 3.8) is 0 Å². The van der Waals surface area contributed by atoms with E-state index in [4.69, 9.17) is 5.73 Å². The first kappa shape index (κ1) is 9.97. The number of allylic oxidation sites excluding steroid dienone is 7. The molecule has 0 spiro atoms. The van der Waals surface area contributed by atoms with Gasteiger partial charge in [0.1, 0.15) is 0 Å². The van der Waals surface area contributed by atoms with Gasteiger partial charge >= 0.3 is 0 Å². The predicted octanol–water partition coefficient (Wildman–Crippen LogP) is 2.25. The lowest BCUT2D eigenvalue weighted by atomic mass is 9.81. The molecule has 1 amide bonds. The Balaban J connectivity index is 2.39. The maximum absolute atomic E-state index is 11.3. The Kier molecular flexibility index (Phi) is 2.86. The molecule has 0 aromatic carbocycles. The fraction of sp³-hybridized carbons (Fsp3) is 0.308. The highest BCUT2D eigenvalue weighted by Gasteiger charge is 2.24. The van der Waals surface area contributed by atoms with Crippen molar-refractivity contribution < 1.29 is 4.79 Å². The van der Waals surface area contributed by atoms with E-state index < -0.39 is 0 Å². The van der Waals surface area contributed by atoms with Gasteiger partial charge in [-0.25, -0.2) is 0 Å². The molecule has 2 N–H and O–H groups in total. The Morgan fingerprint density at radius 1 is 1.20 bits per heavy atom. The fourth-order valence-electron chi connectivity index (χ4n) is 2.18. The van der Waals surface area contributed by atoms with Crippen LogP contribution in [0.5, 0.6) is 0 Å². The summed E-state index contributed by atoms with van der Waals surface area (Å²) in [4.78, 5) is 11.3. The van der Waals surface area contributed by atoms with Gasteiger partial charge in [0.2, 0.25) is 5.91 Å². The molecule has 0 bridgehead atoms. The first-order chi connectivity index (χ1) is 7.29. The molecule has 1 atom stereocenters. The average molecular weight is 201 g/mol. The van der Waals surface area contributed by atoms with E-state index in [1.807, 2.05) is 30.4 Å². The topological polar surface area (TPSA) is 43.1 Å². The molecule has 2 heteroatoms. The predicted molar refractivity (Wildman–Crippen MR) is 61.0 cm³/mol. The minimum atomic E-state index is -0.204. The number of hydrogen-bond acceptors (Lipinski definition) is 1. The highest BCUT2D eigenvalue weighted by molar-refractivity contribution is 5.81. The van der Waals surface area contributed by atoms with Crippen molar-refractivity contribution in [2.45, 2.75) is 19.3 Å². The highest BCUT2D eigenvalue weighted by Crippen LogP contribution is 2.32. The molecule has 0 fully saturated rings. The fourth-order valence-corrected chi connectivity index (χ4v) is 2.18. The Hall–Kier alpha value is -1.57. The van der Waals surface area contributed by atoms with Crippen LogP contribution in [-0.2, 0) is 4.79 Å². The van der Waals surface area contributed by atoms with Gasteiger partial charge in [0.15, 0.2) is 0 Å². The van der Waals surface area contributed by atoms with E-state index >= 15 is 0 Å². The van der Waals surface area contributed by atoms with Crippen LogP contribution in [0.1, 0.15) is 19.3 Å². The van der Waals surface area contributed by atoms with Gasteiger partial charge in [0, 0.05) is 0 Å². The lowest BCUT2D eigenvalue weighted by molar-refractivity contribution is -0.120. The smallest absolute Gasteiger partial charge is 0.224 e. The van der Waals surface area contributed by atoms with Crippen molar-refractivity contribution in [3.05, 3.63) is 47.6 Å². The summed E-state index contributed by atoms with van der Waals surface area (Å²) in [7, 11) is 0. The maximum Gasteiger partial charge on any atom is 0.224 e. The van der Waals surface area contributed by atoms with Gasteiger partial charge in [-0.2, -0.15) is 0 Å². The Labute approximate surface area is 89.8 Å². The van der Waals surface area contributed by atoms with Crippen molar-refractivity contribution in [1.29, 1.82) is 0 Å². The summed E-state index contributed by atoms with van der Waals surface area (Å²) in [6.07, 6.45) is 15.0. The van der Waals surface area contributed by atoms with E-state index in [0.29, 0.717) is 0 Å². The van der Waals surface area contributed by atoms with Crippen molar-refractivity contribution in [1.82, 2.24) is 0 Å². The highest BCUT2D eigenvalue weighted by atomic mass is 16.1. The van der Waals surface area contributed by atoms with Gasteiger partial charge < -0.3 is 5.73 Å². The van der Waals surface area contributed by atoms with Gasteiger partial charge in [0.05, 0.1) is 5.92 Å². The van der Waals surface area contributed by atoms with Crippen LogP contribution in [0.3, 0.4) is 0 Å². The maximum atomic E-state index is 11.3.